The lowest BCUT2D eigenvalue weighted by Crippen LogP contribution is -2.27. The summed E-state index contributed by atoms with van der Waals surface area (Å²) in [6.45, 7) is 4.95. The van der Waals surface area contributed by atoms with E-state index in [9.17, 15) is 4.79 Å². The van der Waals surface area contributed by atoms with Crippen LogP contribution in [0.4, 0.5) is 11.6 Å². The molecule has 2 N–H and O–H groups in total. The lowest BCUT2D eigenvalue weighted by Gasteiger charge is -2.10. The number of rotatable bonds is 8. The van der Waals surface area contributed by atoms with Crippen molar-refractivity contribution in [3.8, 4) is 5.75 Å². The number of aryl methyl sites for hydroxylation is 1. The molecule has 0 aliphatic rings. The molecule has 0 saturated heterocycles. The van der Waals surface area contributed by atoms with Crippen molar-refractivity contribution in [2.24, 2.45) is 0 Å². The summed E-state index contributed by atoms with van der Waals surface area (Å²) in [6.07, 6.45) is 0.772. The normalized spacial score (nSPS) is 10.4. The number of nitrogens with one attached hydrogen (secondary N) is 2. The van der Waals surface area contributed by atoms with Gasteiger partial charge in [0.2, 0.25) is 5.95 Å². The number of carbonyl (C=O) groups is 1. The SMILES string of the molecule is CCOc1ccc(Nc2nc(C)cc(C(=O)NCCc3ccccc3)n2)cc1. The summed E-state index contributed by atoms with van der Waals surface area (Å²) >= 11 is 0. The molecule has 0 atom stereocenters. The van der Waals surface area contributed by atoms with Crippen LogP contribution in [0.3, 0.4) is 0 Å². The molecular weight excluding hydrogens is 352 g/mol. The lowest BCUT2D eigenvalue weighted by atomic mass is 10.1. The van der Waals surface area contributed by atoms with Crippen LogP contribution in [0.15, 0.2) is 60.7 Å². The number of hydrogen-bond acceptors (Lipinski definition) is 5. The minimum atomic E-state index is -0.212. The van der Waals surface area contributed by atoms with Gasteiger partial charge >= 0.3 is 0 Å². The van der Waals surface area contributed by atoms with Crippen molar-refractivity contribution in [3.63, 3.8) is 0 Å². The fraction of sp³-hybridized carbons (Fsp3) is 0.227. The van der Waals surface area contributed by atoms with Gasteiger partial charge in [0.1, 0.15) is 11.4 Å². The summed E-state index contributed by atoms with van der Waals surface area (Å²) < 4.78 is 5.44. The average molecular weight is 376 g/mol. The van der Waals surface area contributed by atoms with Crippen LogP contribution >= 0.6 is 0 Å². The van der Waals surface area contributed by atoms with E-state index in [1.807, 2.05) is 68.4 Å². The van der Waals surface area contributed by atoms with Gasteiger partial charge in [0.15, 0.2) is 0 Å². The minimum absolute atomic E-state index is 0.212. The number of benzene rings is 2. The molecule has 6 nitrogen and oxygen atoms in total. The summed E-state index contributed by atoms with van der Waals surface area (Å²) in [5.74, 6) is 0.977. The largest absolute Gasteiger partial charge is 0.494 e. The minimum Gasteiger partial charge on any atom is -0.494 e. The van der Waals surface area contributed by atoms with E-state index in [2.05, 4.69) is 20.6 Å². The molecule has 6 heteroatoms. The van der Waals surface area contributed by atoms with Crippen LogP contribution < -0.4 is 15.4 Å². The third-order valence-electron chi connectivity index (χ3n) is 4.05. The maximum atomic E-state index is 12.5. The third-order valence-corrected chi connectivity index (χ3v) is 4.05. The van der Waals surface area contributed by atoms with E-state index in [0.717, 1.165) is 23.6 Å². The number of carbonyl (C=O) groups excluding carboxylic acids is 1. The molecule has 1 amide bonds. The number of nitrogens with zero attached hydrogens (tertiary/aromatic N) is 2. The van der Waals surface area contributed by atoms with Crippen LogP contribution in [-0.4, -0.2) is 29.0 Å². The second-order valence-electron chi connectivity index (χ2n) is 6.29. The van der Waals surface area contributed by atoms with Gasteiger partial charge in [-0.2, -0.15) is 0 Å². The third kappa shape index (κ3) is 5.54. The van der Waals surface area contributed by atoms with Crippen LogP contribution in [0, 0.1) is 6.92 Å². The molecule has 144 valence electrons. The van der Waals surface area contributed by atoms with Crippen molar-refractivity contribution in [1.29, 1.82) is 0 Å². The number of anilines is 2. The zero-order valence-corrected chi connectivity index (χ0v) is 16.1. The molecule has 0 aliphatic heterocycles. The van der Waals surface area contributed by atoms with Gasteiger partial charge in [-0.25, -0.2) is 9.97 Å². The fourth-order valence-electron chi connectivity index (χ4n) is 2.73. The van der Waals surface area contributed by atoms with Crippen LogP contribution in [0.2, 0.25) is 0 Å². The monoisotopic (exact) mass is 376 g/mol. The number of aromatic nitrogens is 2. The molecule has 0 unspecified atom stereocenters. The van der Waals surface area contributed by atoms with E-state index in [1.54, 1.807) is 6.07 Å². The predicted octanol–water partition coefficient (Wildman–Crippen LogP) is 3.90. The Morgan fingerprint density at radius 1 is 1.04 bits per heavy atom. The predicted molar refractivity (Wildman–Crippen MR) is 110 cm³/mol. The molecule has 1 aromatic heterocycles. The Labute approximate surface area is 165 Å². The summed E-state index contributed by atoms with van der Waals surface area (Å²) in [4.78, 5) is 21.2. The molecule has 1 heterocycles. The van der Waals surface area contributed by atoms with E-state index >= 15 is 0 Å². The molecule has 0 spiro atoms. The summed E-state index contributed by atoms with van der Waals surface area (Å²) in [5, 5.41) is 6.05. The zero-order valence-electron chi connectivity index (χ0n) is 16.1. The maximum absolute atomic E-state index is 12.5. The van der Waals surface area contributed by atoms with Crippen LogP contribution in [0.5, 0.6) is 5.75 Å². The molecule has 0 fully saturated rings. The molecule has 0 bridgehead atoms. The van der Waals surface area contributed by atoms with Crippen molar-refractivity contribution >= 4 is 17.5 Å². The Kier molecular flexibility index (Phi) is 6.57. The fourth-order valence-corrected chi connectivity index (χ4v) is 2.73. The number of amides is 1. The lowest BCUT2D eigenvalue weighted by molar-refractivity contribution is 0.0949. The molecule has 3 rings (SSSR count). The highest BCUT2D eigenvalue weighted by Gasteiger charge is 2.10. The van der Waals surface area contributed by atoms with E-state index in [-0.39, 0.29) is 5.91 Å². The molecule has 0 radical (unpaired) electrons. The van der Waals surface area contributed by atoms with E-state index in [0.29, 0.717) is 24.8 Å². The first-order valence-corrected chi connectivity index (χ1v) is 9.31. The van der Waals surface area contributed by atoms with Gasteiger partial charge in [0, 0.05) is 17.9 Å². The van der Waals surface area contributed by atoms with Gasteiger partial charge in [-0.05, 0) is 56.2 Å². The van der Waals surface area contributed by atoms with E-state index in [1.165, 1.54) is 5.56 Å². The van der Waals surface area contributed by atoms with Gasteiger partial charge in [0.05, 0.1) is 6.61 Å². The molecule has 0 saturated carbocycles. The number of ether oxygens (including phenoxy) is 1. The molecule has 3 aromatic rings. The second-order valence-corrected chi connectivity index (χ2v) is 6.29. The highest BCUT2D eigenvalue weighted by Crippen LogP contribution is 2.18. The Hall–Kier alpha value is -3.41. The zero-order chi connectivity index (χ0) is 19.8. The van der Waals surface area contributed by atoms with Crippen molar-refractivity contribution in [2.75, 3.05) is 18.5 Å². The summed E-state index contributed by atoms with van der Waals surface area (Å²) in [7, 11) is 0. The number of hydrogen-bond donors (Lipinski definition) is 2. The van der Waals surface area contributed by atoms with Crippen molar-refractivity contribution < 1.29 is 9.53 Å². The van der Waals surface area contributed by atoms with Gasteiger partial charge in [-0.15, -0.1) is 0 Å². The van der Waals surface area contributed by atoms with Gasteiger partial charge < -0.3 is 15.4 Å². The Balaban J connectivity index is 1.62. The van der Waals surface area contributed by atoms with E-state index in [4.69, 9.17) is 4.74 Å². The summed E-state index contributed by atoms with van der Waals surface area (Å²) in [6, 6.07) is 19.2. The average Bonchev–Trinajstić information content (AvgIpc) is 2.70. The topological polar surface area (TPSA) is 76.1 Å². The Morgan fingerprint density at radius 2 is 1.79 bits per heavy atom. The molecule has 2 aromatic carbocycles. The first-order chi connectivity index (χ1) is 13.6. The maximum Gasteiger partial charge on any atom is 0.270 e. The highest BCUT2D eigenvalue weighted by molar-refractivity contribution is 5.92. The van der Waals surface area contributed by atoms with Crippen LogP contribution in [0.1, 0.15) is 28.7 Å². The van der Waals surface area contributed by atoms with Gasteiger partial charge in [-0.3, -0.25) is 4.79 Å². The van der Waals surface area contributed by atoms with Crippen molar-refractivity contribution in [1.82, 2.24) is 15.3 Å². The Morgan fingerprint density at radius 3 is 2.50 bits per heavy atom. The van der Waals surface area contributed by atoms with Crippen LogP contribution in [-0.2, 0) is 6.42 Å². The highest BCUT2D eigenvalue weighted by atomic mass is 16.5. The van der Waals surface area contributed by atoms with Gasteiger partial charge in [0.25, 0.3) is 5.91 Å². The van der Waals surface area contributed by atoms with Gasteiger partial charge in [-0.1, -0.05) is 30.3 Å². The summed E-state index contributed by atoms with van der Waals surface area (Å²) in [5.41, 5.74) is 3.06. The molecule has 0 aliphatic carbocycles. The standard InChI is InChI=1S/C22H24N4O2/c1-3-28-19-11-9-18(10-12-19)25-22-24-16(2)15-20(26-22)21(27)23-14-13-17-7-5-4-6-8-17/h4-12,15H,3,13-14H2,1-2H3,(H,23,27)(H,24,25,26). The first kappa shape index (κ1) is 19.4. The quantitative estimate of drug-likeness (QED) is 0.624. The first-order valence-electron chi connectivity index (χ1n) is 9.31. The molecule has 28 heavy (non-hydrogen) atoms. The van der Waals surface area contributed by atoms with Crippen molar-refractivity contribution in [3.05, 3.63) is 77.6 Å². The van der Waals surface area contributed by atoms with Crippen LogP contribution in [0.25, 0.3) is 0 Å². The smallest absolute Gasteiger partial charge is 0.270 e. The second kappa shape index (κ2) is 9.50. The Bertz CT molecular complexity index is 912. The van der Waals surface area contributed by atoms with Crippen molar-refractivity contribution in [2.45, 2.75) is 20.3 Å². The van der Waals surface area contributed by atoms with E-state index < -0.39 is 0 Å². The molecular formula is C22H24N4O2.